The van der Waals surface area contributed by atoms with Gasteiger partial charge in [-0.2, -0.15) is 58.5 Å². The smallest absolute Gasteiger partial charge is 0.215 e. The molecular weight excluding hydrogens is 455 g/mol. The average Bonchev–Trinajstić information content (AvgIpc) is 2.44. The molecule has 0 radical (unpaired) electrons. The molecule has 162 valence electrons. The van der Waals surface area contributed by atoms with Gasteiger partial charge in [0.1, 0.15) is 17.7 Å². The predicted molar refractivity (Wildman–Crippen MR) is 79.1 cm³/mol. The minimum absolute atomic E-state index is 0.212. The van der Waals surface area contributed by atoms with Crippen LogP contribution in [0.5, 0.6) is 0 Å². The highest BCUT2D eigenvalue weighted by Gasteiger charge is 2.86. The van der Waals surface area contributed by atoms with Crippen molar-refractivity contribution < 1.29 is 51.6 Å². The number of alkyl halides is 9. The van der Waals surface area contributed by atoms with Gasteiger partial charge in [-0.3, -0.25) is 0 Å². The van der Waals surface area contributed by atoms with E-state index in [1.54, 1.807) is 0 Å². The first-order valence-corrected chi connectivity index (χ1v) is 10.4. The molecule has 0 unspecified atom stereocenters. The van der Waals surface area contributed by atoms with Crippen LogP contribution in [0.25, 0.3) is 0 Å². The van der Waals surface area contributed by atoms with Gasteiger partial charge < -0.3 is 0 Å². The highest BCUT2D eigenvalue weighted by Crippen LogP contribution is 2.57. The Morgan fingerprint density at radius 1 is 0.893 bits per heavy atom. The van der Waals surface area contributed by atoms with Crippen LogP contribution >= 0.6 is 10.3 Å². The maximum absolute atomic E-state index is 13.6. The summed E-state index contributed by atoms with van der Waals surface area (Å²) < 4.78 is 143. The lowest BCUT2D eigenvalue weighted by molar-refractivity contribution is -0.382. The Labute approximate surface area is 155 Å². The summed E-state index contributed by atoms with van der Waals surface area (Å²) in [7, 11) is -10.4. The number of nitrogens with zero attached hydrogens (tertiary/aromatic N) is 2. The lowest BCUT2D eigenvalue weighted by Gasteiger charge is -2.36. The summed E-state index contributed by atoms with van der Waals surface area (Å²) in [6.07, 6.45) is -5.67. The topological polar surface area (TPSA) is 90.9 Å². The third kappa shape index (κ3) is 4.66. The van der Waals surface area contributed by atoms with E-state index in [0.29, 0.717) is 0 Å². The van der Waals surface area contributed by atoms with Crippen LogP contribution in [0.1, 0.15) is 6.92 Å². The van der Waals surface area contributed by atoms with Crippen LogP contribution < -0.4 is 0 Å². The van der Waals surface area contributed by atoms with Crippen molar-refractivity contribution in [3.05, 3.63) is 11.1 Å². The van der Waals surface area contributed by atoms with Crippen molar-refractivity contribution in [2.75, 3.05) is 18.3 Å². The Morgan fingerprint density at radius 2 is 1.29 bits per heavy atom. The van der Waals surface area contributed by atoms with Crippen molar-refractivity contribution in [1.29, 1.82) is 10.5 Å². The van der Waals surface area contributed by atoms with Crippen molar-refractivity contribution in [1.82, 2.24) is 0 Å². The Morgan fingerprint density at radius 3 is 1.61 bits per heavy atom. The number of rotatable bonds is 7. The highest BCUT2D eigenvalue weighted by molar-refractivity contribution is 8.32. The lowest BCUT2D eigenvalue weighted by Crippen LogP contribution is -2.63. The number of allylic oxidation sites excluding steroid dienone is 1. The van der Waals surface area contributed by atoms with Gasteiger partial charge in [0.2, 0.25) is 0 Å². The third-order valence-electron chi connectivity index (χ3n) is 2.92. The van der Waals surface area contributed by atoms with Crippen LogP contribution in [0.4, 0.5) is 39.5 Å². The second-order valence-corrected chi connectivity index (χ2v) is 10.8. The zero-order valence-corrected chi connectivity index (χ0v) is 15.7. The molecule has 0 atom stereocenters. The van der Waals surface area contributed by atoms with E-state index in [2.05, 4.69) is 3.63 Å². The van der Waals surface area contributed by atoms with Gasteiger partial charge in [-0.25, -0.2) is 3.63 Å². The zero-order valence-electron chi connectivity index (χ0n) is 14.0. The minimum atomic E-state index is -7.40. The minimum Gasteiger partial charge on any atom is -0.215 e. The quantitative estimate of drug-likeness (QED) is 0.416. The number of halogens is 9. The van der Waals surface area contributed by atoms with Crippen LogP contribution in [-0.4, -0.2) is 50.0 Å². The molecule has 0 fully saturated rings. The second kappa shape index (κ2) is 7.64. The molecular formula is C12H11F9N2O3S2. The van der Waals surface area contributed by atoms with E-state index in [0.717, 1.165) is 19.4 Å². The van der Waals surface area contributed by atoms with E-state index in [1.807, 2.05) is 0 Å². The summed E-state index contributed by atoms with van der Waals surface area (Å²) in [6.45, 7) is 1.07. The van der Waals surface area contributed by atoms with Crippen LogP contribution in [-0.2, 0) is 13.7 Å². The fraction of sp³-hybridized carbons (Fsp3) is 0.667. The maximum Gasteiger partial charge on any atom is 0.460 e. The van der Waals surface area contributed by atoms with Crippen LogP contribution in [0.2, 0.25) is 0 Å². The fourth-order valence-electron chi connectivity index (χ4n) is 1.64. The van der Waals surface area contributed by atoms with Gasteiger partial charge in [0.05, 0.1) is 0 Å². The Kier molecular flexibility index (Phi) is 7.19. The molecule has 0 saturated heterocycles. The molecule has 0 aliphatic heterocycles. The monoisotopic (exact) mass is 466 g/mol. The normalized spacial score (nSPS) is 14.8. The van der Waals surface area contributed by atoms with Crippen LogP contribution in [0.15, 0.2) is 11.1 Å². The molecule has 0 aromatic heterocycles. The molecule has 28 heavy (non-hydrogen) atoms. The molecule has 0 saturated carbocycles. The molecule has 0 aromatic rings. The predicted octanol–water partition coefficient (Wildman–Crippen LogP) is 4.10. The first kappa shape index (κ1) is 26.4. The zero-order chi connectivity index (χ0) is 23.0. The van der Waals surface area contributed by atoms with Crippen molar-refractivity contribution in [2.24, 2.45) is 0 Å². The van der Waals surface area contributed by atoms with E-state index < -0.39 is 55.0 Å². The summed E-state index contributed by atoms with van der Waals surface area (Å²) in [6, 6.07) is 2.72. The molecule has 5 nitrogen and oxygen atoms in total. The molecule has 0 heterocycles. The first-order valence-electron chi connectivity index (χ1n) is 6.48. The highest BCUT2D eigenvalue weighted by atomic mass is 32.3. The Bertz CT molecular complexity index is 818. The van der Waals surface area contributed by atoms with Crippen LogP contribution in [0.3, 0.4) is 0 Å². The standard InChI is InChI=1S/C12H11F9N2O3S2/c1-7(8(4-22)5-23)6-27(2,3)26-28(24,25)12(20,21)10(15,16)9(13,14)11(17,18)19/h6H2,1-3H3. The first-order chi connectivity index (χ1) is 12.1. The molecule has 0 aromatic carbocycles. The molecule has 0 bridgehead atoms. The summed E-state index contributed by atoms with van der Waals surface area (Å²) in [4.78, 5) is 0. The molecule has 0 aliphatic carbocycles. The number of hydrogen-bond acceptors (Lipinski definition) is 5. The maximum atomic E-state index is 13.6. The fourth-order valence-corrected chi connectivity index (χ4v) is 5.74. The summed E-state index contributed by atoms with van der Waals surface area (Å²) in [5, 5.41) is 10.3. The molecule has 0 amide bonds. The average molecular weight is 466 g/mol. The summed E-state index contributed by atoms with van der Waals surface area (Å²) in [5.41, 5.74) is -0.807. The number of nitriles is 2. The third-order valence-corrected chi connectivity index (χ3v) is 7.12. The Balaban J connectivity index is 6.11. The van der Waals surface area contributed by atoms with E-state index in [1.165, 1.54) is 12.1 Å². The summed E-state index contributed by atoms with van der Waals surface area (Å²) in [5.74, 6) is -15.5. The number of hydrogen-bond donors (Lipinski definition) is 0. The van der Waals surface area contributed by atoms with Gasteiger partial charge >= 0.3 is 33.4 Å². The van der Waals surface area contributed by atoms with Gasteiger partial charge in [-0.05, 0) is 25.0 Å². The van der Waals surface area contributed by atoms with Crippen molar-refractivity contribution >= 4 is 20.4 Å². The van der Waals surface area contributed by atoms with Gasteiger partial charge in [-0.15, -0.1) is 10.3 Å². The second-order valence-electron chi connectivity index (χ2n) is 5.65. The molecule has 0 rings (SSSR count). The largest absolute Gasteiger partial charge is 0.460 e. The SMILES string of the molecule is CC(CS(C)(C)OS(=O)(=O)C(F)(F)C(F)(F)C(F)(F)C(F)(F)F)=C(C#N)C#N. The van der Waals surface area contributed by atoms with Gasteiger partial charge in [0.15, 0.2) is 0 Å². The van der Waals surface area contributed by atoms with Gasteiger partial charge in [-0.1, -0.05) is 0 Å². The van der Waals surface area contributed by atoms with Crippen molar-refractivity contribution in [3.8, 4) is 12.1 Å². The summed E-state index contributed by atoms with van der Waals surface area (Å²) >= 11 is 0. The van der Waals surface area contributed by atoms with Crippen molar-refractivity contribution in [3.63, 3.8) is 0 Å². The lowest BCUT2D eigenvalue weighted by atomic mass is 10.1. The van der Waals surface area contributed by atoms with Crippen molar-refractivity contribution in [2.45, 2.75) is 30.2 Å². The van der Waals surface area contributed by atoms with Crippen LogP contribution in [0, 0.1) is 22.7 Å². The molecule has 0 spiro atoms. The molecule has 0 aliphatic rings. The van der Waals surface area contributed by atoms with Gasteiger partial charge in [0, 0.05) is 5.75 Å². The molecule has 0 N–H and O–H groups in total. The van der Waals surface area contributed by atoms with Gasteiger partial charge in [0.25, 0.3) is 0 Å². The van der Waals surface area contributed by atoms with E-state index in [9.17, 15) is 47.9 Å². The van der Waals surface area contributed by atoms with E-state index in [4.69, 9.17) is 10.5 Å². The van der Waals surface area contributed by atoms with E-state index >= 15 is 0 Å². The Hall–Kier alpha value is -1.65. The van der Waals surface area contributed by atoms with E-state index in [-0.39, 0.29) is 5.57 Å². The molecule has 16 heteroatoms.